The SMILES string of the molecule is CCC(CC(C)C1CCC(O)CC1)C1CCC(OC(C)OC2CCCCC2)CC1. The maximum atomic E-state index is 9.80. The molecule has 3 nitrogen and oxygen atoms in total. The van der Waals surface area contributed by atoms with Gasteiger partial charge in [-0.25, -0.2) is 0 Å². The van der Waals surface area contributed by atoms with Crippen LogP contribution < -0.4 is 0 Å². The van der Waals surface area contributed by atoms with Crippen LogP contribution in [-0.2, 0) is 9.47 Å². The van der Waals surface area contributed by atoms with E-state index >= 15 is 0 Å². The molecule has 0 aliphatic heterocycles. The number of aliphatic hydroxyl groups is 1. The van der Waals surface area contributed by atoms with Gasteiger partial charge < -0.3 is 14.6 Å². The summed E-state index contributed by atoms with van der Waals surface area (Å²) in [4.78, 5) is 0. The zero-order chi connectivity index (χ0) is 20.6. The molecular weight excluding hydrogens is 360 g/mol. The Kier molecular flexibility index (Phi) is 9.78. The molecule has 3 aliphatic carbocycles. The van der Waals surface area contributed by atoms with Crippen LogP contribution >= 0.6 is 0 Å². The molecule has 0 aromatic rings. The van der Waals surface area contributed by atoms with Crippen LogP contribution in [0.2, 0.25) is 0 Å². The molecule has 0 amide bonds. The molecule has 3 aliphatic rings. The van der Waals surface area contributed by atoms with Crippen molar-refractivity contribution in [3.8, 4) is 0 Å². The Balaban J connectivity index is 1.36. The van der Waals surface area contributed by atoms with Crippen LogP contribution in [0.5, 0.6) is 0 Å². The van der Waals surface area contributed by atoms with Crippen LogP contribution in [0.3, 0.4) is 0 Å². The maximum Gasteiger partial charge on any atom is 0.155 e. The minimum atomic E-state index is -0.0386. The van der Waals surface area contributed by atoms with E-state index in [-0.39, 0.29) is 12.4 Å². The summed E-state index contributed by atoms with van der Waals surface area (Å²) >= 11 is 0. The van der Waals surface area contributed by atoms with E-state index in [1.807, 2.05) is 0 Å². The molecule has 3 fully saturated rings. The van der Waals surface area contributed by atoms with E-state index in [2.05, 4.69) is 20.8 Å². The van der Waals surface area contributed by atoms with Gasteiger partial charge in [0.05, 0.1) is 18.3 Å². The monoisotopic (exact) mass is 408 g/mol. The van der Waals surface area contributed by atoms with Crippen molar-refractivity contribution in [2.45, 2.75) is 142 Å². The van der Waals surface area contributed by atoms with E-state index in [0.29, 0.717) is 12.2 Å². The van der Waals surface area contributed by atoms with Crippen molar-refractivity contribution in [2.24, 2.45) is 23.7 Å². The Bertz CT molecular complexity index is 431. The Morgan fingerprint density at radius 1 is 0.724 bits per heavy atom. The topological polar surface area (TPSA) is 38.7 Å². The molecule has 0 radical (unpaired) electrons. The Morgan fingerprint density at radius 2 is 1.28 bits per heavy atom. The summed E-state index contributed by atoms with van der Waals surface area (Å²) in [5.74, 6) is 3.40. The highest BCUT2D eigenvalue weighted by molar-refractivity contribution is 4.82. The summed E-state index contributed by atoms with van der Waals surface area (Å²) in [5, 5.41) is 9.80. The molecule has 0 aromatic heterocycles. The van der Waals surface area contributed by atoms with Gasteiger partial charge in [0, 0.05) is 0 Å². The van der Waals surface area contributed by atoms with E-state index in [9.17, 15) is 5.11 Å². The van der Waals surface area contributed by atoms with Crippen molar-refractivity contribution >= 4 is 0 Å². The van der Waals surface area contributed by atoms with Crippen LogP contribution in [0.1, 0.15) is 117 Å². The molecule has 3 heteroatoms. The molecule has 1 N–H and O–H groups in total. The molecule has 0 spiro atoms. The molecule has 0 aromatic carbocycles. The lowest BCUT2D eigenvalue weighted by atomic mass is 9.70. The van der Waals surface area contributed by atoms with Crippen LogP contribution in [0.15, 0.2) is 0 Å². The van der Waals surface area contributed by atoms with Gasteiger partial charge in [0.15, 0.2) is 6.29 Å². The third-order valence-electron chi connectivity index (χ3n) is 8.45. The van der Waals surface area contributed by atoms with Crippen molar-refractivity contribution in [3.05, 3.63) is 0 Å². The van der Waals surface area contributed by atoms with Crippen molar-refractivity contribution in [3.63, 3.8) is 0 Å². The summed E-state index contributed by atoms with van der Waals surface area (Å²) in [6, 6.07) is 0. The highest BCUT2D eigenvalue weighted by atomic mass is 16.7. The van der Waals surface area contributed by atoms with Gasteiger partial charge in [0.2, 0.25) is 0 Å². The summed E-state index contributed by atoms with van der Waals surface area (Å²) in [7, 11) is 0. The molecular formula is C26H48O3. The first-order valence-electron chi connectivity index (χ1n) is 13.0. The Labute approximate surface area is 180 Å². The standard InChI is InChI=1S/C26H48O3/c1-4-21(18-19(2)22-10-14-24(27)15-11-22)23-12-16-26(17-13-23)29-20(3)28-25-8-6-5-7-9-25/h19-27H,4-18H2,1-3H3. The van der Waals surface area contributed by atoms with Gasteiger partial charge >= 0.3 is 0 Å². The third-order valence-corrected chi connectivity index (χ3v) is 8.45. The fourth-order valence-corrected chi connectivity index (χ4v) is 6.50. The molecule has 0 saturated heterocycles. The lowest BCUT2D eigenvalue weighted by Gasteiger charge is -2.38. The van der Waals surface area contributed by atoms with Crippen LogP contribution in [-0.4, -0.2) is 29.7 Å². The number of rotatable bonds is 9. The zero-order valence-electron chi connectivity index (χ0n) is 19.5. The number of hydrogen-bond acceptors (Lipinski definition) is 3. The van der Waals surface area contributed by atoms with Gasteiger partial charge in [-0.2, -0.15) is 0 Å². The van der Waals surface area contributed by atoms with E-state index in [1.165, 1.54) is 83.5 Å². The third kappa shape index (κ3) is 7.51. The van der Waals surface area contributed by atoms with E-state index in [4.69, 9.17) is 9.47 Å². The number of aliphatic hydroxyl groups excluding tert-OH is 1. The molecule has 29 heavy (non-hydrogen) atoms. The van der Waals surface area contributed by atoms with Crippen molar-refractivity contribution < 1.29 is 14.6 Å². The van der Waals surface area contributed by atoms with Gasteiger partial charge in [0.25, 0.3) is 0 Å². The first kappa shape index (κ1) is 23.5. The van der Waals surface area contributed by atoms with Crippen LogP contribution in [0.25, 0.3) is 0 Å². The molecule has 3 atom stereocenters. The summed E-state index contributed by atoms with van der Waals surface area (Å²) in [6.45, 7) is 6.98. The average molecular weight is 409 g/mol. The second-order valence-corrected chi connectivity index (χ2v) is 10.6. The summed E-state index contributed by atoms with van der Waals surface area (Å²) in [6.07, 6.45) is 19.5. The lowest BCUT2D eigenvalue weighted by Crippen LogP contribution is -2.32. The van der Waals surface area contributed by atoms with Gasteiger partial charge in [0.1, 0.15) is 0 Å². The molecule has 0 heterocycles. The van der Waals surface area contributed by atoms with E-state index < -0.39 is 0 Å². The second kappa shape index (κ2) is 12.1. The molecule has 170 valence electrons. The fourth-order valence-electron chi connectivity index (χ4n) is 6.50. The van der Waals surface area contributed by atoms with Crippen LogP contribution in [0, 0.1) is 23.7 Å². The fraction of sp³-hybridized carbons (Fsp3) is 1.00. The van der Waals surface area contributed by atoms with Gasteiger partial charge in [-0.3, -0.25) is 0 Å². The molecule has 3 saturated carbocycles. The van der Waals surface area contributed by atoms with E-state index in [1.54, 1.807) is 0 Å². The smallest absolute Gasteiger partial charge is 0.155 e. The van der Waals surface area contributed by atoms with Gasteiger partial charge in [-0.1, -0.05) is 39.5 Å². The first-order valence-corrected chi connectivity index (χ1v) is 13.0. The Hall–Kier alpha value is -0.120. The van der Waals surface area contributed by atoms with Crippen molar-refractivity contribution in [1.29, 1.82) is 0 Å². The molecule has 0 bridgehead atoms. The minimum Gasteiger partial charge on any atom is -0.393 e. The van der Waals surface area contributed by atoms with Crippen LogP contribution in [0.4, 0.5) is 0 Å². The highest BCUT2D eigenvalue weighted by Crippen LogP contribution is 2.40. The molecule has 3 rings (SSSR count). The largest absolute Gasteiger partial charge is 0.393 e. The minimum absolute atomic E-state index is 0.0276. The summed E-state index contributed by atoms with van der Waals surface area (Å²) in [5.41, 5.74) is 0. The highest BCUT2D eigenvalue weighted by Gasteiger charge is 2.32. The molecule has 3 unspecified atom stereocenters. The zero-order valence-corrected chi connectivity index (χ0v) is 19.5. The normalized spacial score (nSPS) is 35.2. The second-order valence-electron chi connectivity index (χ2n) is 10.6. The predicted octanol–water partition coefficient (Wildman–Crippen LogP) is 6.86. The lowest BCUT2D eigenvalue weighted by molar-refractivity contribution is -0.196. The van der Waals surface area contributed by atoms with Crippen molar-refractivity contribution in [1.82, 2.24) is 0 Å². The number of ether oxygens (including phenoxy) is 2. The summed E-state index contributed by atoms with van der Waals surface area (Å²) < 4.78 is 12.5. The number of hydrogen-bond donors (Lipinski definition) is 1. The first-order chi connectivity index (χ1) is 14.0. The quantitative estimate of drug-likeness (QED) is 0.423. The maximum absolute atomic E-state index is 9.80. The van der Waals surface area contributed by atoms with Gasteiger partial charge in [-0.05, 0) is 101 Å². The average Bonchev–Trinajstić information content (AvgIpc) is 2.73. The van der Waals surface area contributed by atoms with Crippen molar-refractivity contribution in [2.75, 3.05) is 0 Å². The Morgan fingerprint density at radius 3 is 1.86 bits per heavy atom. The van der Waals surface area contributed by atoms with E-state index in [0.717, 1.165) is 36.5 Å². The van der Waals surface area contributed by atoms with Gasteiger partial charge in [-0.15, -0.1) is 0 Å². The predicted molar refractivity (Wildman–Crippen MR) is 120 cm³/mol.